The van der Waals surface area contributed by atoms with Crippen molar-refractivity contribution in [1.82, 2.24) is 5.32 Å². The van der Waals surface area contributed by atoms with E-state index in [2.05, 4.69) is 20.8 Å². The van der Waals surface area contributed by atoms with E-state index in [9.17, 15) is 9.59 Å². The summed E-state index contributed by atoms with van der Waals surface area (Å²) in [5, 5.41) is 2.35. The molecule has 0 aromatic carbocycles. The van der Waals surface area contributed by atoms with Crippen molar-refractivity contribution < 1.29 is 19.1 Å². The maximum Gasteiger partial charge on any atom is 0.329 e. The second kappa shape index (κ2) is 5.89. The Balaban J connectivity index is 4.18. The first-order valence-corrected chi connectivity index (χ1v) is 3.51. The molecule has 0 fully saturated rings. The van der Waals surface area contributed by atoms with Crippen LogP contribution in [0, 0.1) is 12.5 Å². The van der Waals surface area contributed by atoms with E-state index in [4.69, 9.17) is 6.42 Å². The van der Waals surface area contributed by atoms with Crippen molar-refractivity contribution in [2.75, 3.05) is 14.2 Å². The van der Waals surface area contributed by atoms with Crippen molar-refractivity contribution >= 4 is 11.9 Å². The number of terminal acetylenes is 1. The minimum atomic E-state index is -0.845. The van der Waals surface area contributed by atoms with Gasteiger partial charge in [0.15, 0.2) is 0 Å². The highest BCUT2D eigenvalue weighted by Crippen LogP contribution is 1.96. The lowest BCUT2D eigenvalue weighted by Crippen LogP contribution is -2.36. The lowest BCUT2D eigenvalue weighted by molar-refractivity contribution is -0.149. The molecule has 0 saturated carbocycles. The molecule has 0 amide bonds. The Labute approximate surface area is 76.4 Å². The molecule has 0 aliphatic heterocycles. The number of ether oxygens (including phenoxy) is 2. The Kier molecular flexibility index (Phi) is 5.12. The molecule has 0 bridgehead atoms. The van der Waals surface area contributed by atoms with Gasteiger partial charge in [-0.3, -0.25) is 4.79 Å². The molecule has 0 rings (SSSR count). The second-order valence-corrected chi connectivity index (χ2v) is 2.14. The van der Waals surface area contributed by atoms with Gasteiger partial charge in [-0.2, -0.15) is 0 Å². The fraction of sp³-hybridized carbons (Fsp3) is 0.500. The molecule has 0 aliphatic carbocycles. The van der Waals surface area contributed by atoms with Crippen LogP contribution in [0.15, 0.2) is 0 Å². The van der Waals surface area contributed by atoms with E-state index in [1.807, 2.05) is 0 Å². The Bertz CT molecular complexity index is 231. The molecule has 1 unspecified atom stereocenters. The number of carbonyl (C=O) groups excluding carboxylic acids is 2. The predicted molar refractivity (Wildman–Crippen MR) is 44.4 cm³/mol. The zero-order valence-corrected chi connectivity index (χ0v) is 7.49. The van der Waals surface area contributed by atoms with Crippen LogP contribution in [0.3, 0.4) is 0 Å². The molecule has 0 aromatic rings. The standard InChI is InChI=1S/C8H11NO4/c1-4-9-6(8(11)13-3)5-7(10)12-2/h1,6,9H,5H2,2-3H3. The molecule has 0 heterocycles. The quantitative estimate of drug-likeness (QED) is 0.355. The molecule has 0 aliphatic rings. The number of carbonyl (C=O) groups is 2. The summed E-state index contributed by atoms with van der Waals surface area (Å²) in [4.78, 5) is 21.7. The highest BCUT2D eigenvalue weighted by atomic mass is 16.5. The van der Waals surface area contributed by atoms with Crippen LogP contribution in [0.2, 0.25) is 0 Å². The fourth-order valence-corrected chi connectivity index (χ4v) is 0.686. The maximum absolute atomic E-state index is 11.0. The monoisotopic (exact) mass is 185 g/mol. The van der Waals surface area contributed by atoms with Crippen molar-refractivity contribution in [2.45, 2.75) is 12.5 Å². The van der Waals surface area contributed by atoms with Gasteiger partial charge in [0.05, 0.1) is 20.6 Å². The second-order valence-electron chi connectivity index (χ2n) is 2.14. The van der Waals surface area contributed by atoms with Gasteiger partial charge in [-0.05, 0) is 0 Å². The van der Waals surface area contributed by atoms with Crippen LogP contribution in [0.25, 0.3) is 0 Å². The number of nitrogens with one attached hydrogen (secondary N) is 1. The van der Waals surface area contributed by atoms with Gasteiger partial charge in [-0.15, -0.1) is 0 Å². The van der Waals surface area contributed by atoms with E-state index in [0.717, 1.165) is 0 Å². The summed E-state index contributed by atoms with van der Waals surface area (Å²) >= 11 is 0. The van der Waals surface area contributed by atoms with Gasteiger partial charge in [-0.25, -0.2) is 4.79 Å². The highest BCUT2D eigenvalue weighted by molar-refractivity contribution is 5.82. The summed E-state index contributed by atoms with van der Waals surface area (Å²) in [5.74, 6) is -1.12. The third-order valence-electron chi connectivity index (χ3n) is 1.34. The minimum absolute atomic E-state index is 0.145. The van der Waals surface area contributed by atoms with E-state index in [1.165, 1.54) is 14.2 Å². The van der Waals surface area contributed by atoms with Crippen LogP contribution in [0.5, 0.6) is 0 Å². The van der Waals surface area contributed by atoms with Crippen molar-refractivity contribution in [1.29, 1.82) is 0 Å². The molecule has 72 valence electrons. The molecule has 1 N–H and O–H groups in total. The summed E-state index contributed by atoms with van der Waals surface area (Å²) in [7, 11) is 2.44. The third-order valence-corrected chi connectivity index (χ3v) is 1.34. The first-order valence-electron chi connectivity index (χ1n) is 3.51. The number of methoxy groups -OCH3 is 2. The Morgan fingerprint density at radius 1 is 1.46 bits per heavy atom. The smallest absolute Gasteiger partial charge is 0.329 e. The molecule has 1 atom stereocenters. The molecule has 5 heteroatoms. The Morgan fingerprint density at radius 3 is 2.46 bits per heavy atom. The van der Waals surface area contributed by atoms with E-state index in [1.54, 1.807) is 0 Å². The molecule has 0 radical (unpaired) electrons. The van der Waals surface area contributed by atoms with Crippen LogP contribution < -0.4 is 5.32 Å². The van der Waals surface area contributed by atoms with E-state index in [-0.39, 0.29) is 6.42 Å². The van der Waals surface area contributed by atoms with Crippen LogP contribution in [0.4, 0.5) is 0 Å². The number of hydrogen-bond donors (Lipinski definition) is 1. The largest absolute Gasteiger partial charge is 0.469 e. The summed E-state index contributed by atoms with van der Waals surface area (Å²) in [6.07, 6.45) is 4.77. The summed E-state index contributed by atoms with van der Waals surface area (Å²) in [6.45, 7) is 0. The van der Waals surface area contributed by atoms with Gasteiger partial charge >= 0.3 is 11.9 Å². The SMILES string of the molecule is C#CNC(CC(=O)OC)C(=O)OC. The summed E-state index contributed by atoms with van der Waals surface area (Å²) in [6, 6.07) is 1.21. The van der Waals surface area contributed by atoms with Crippen molar-refractivity contribution in [2.24, 2.45) is 0 Å². The van der Waals surface area contributed by atoms with E-state index < -0.39 is 18.0 Å². The van der Waals surface area contributed by atoms with Crippen molar-refractivity contribution in [3.8, 4) is 12.5 Å². The zero-order chi connectivity index (χ0) is 10.3. The summed E-state index contributed by atoms with van der Waals surface area (Å²) in [5.41, 5.74) is 0. The topological polar surface area (TPSA) is 64.6 Å². The minimum Gasteiger partial charge on any atom is -0.469 e. The number of hydrogen-bond acceptors (Lipinski definition) is 5. The Morgan fingerprint density at radius 2 is 2.08 bits per heavy atom. The maximum atomic E-state index is 11.0. The van der Waals surface area contributed by atoms with Crippen LogP contribution in [0.1, 0.15) is 6.42 Å². The fourth-order valence-electron chi connectivity index (χ4n) is 0.686. The van der Waals surface area contributed by atoms with E-state index in [0.29, 0.717) is 0 Å². The van der Waals surface area contributed by atoms with Gasteiger partial charge in [0.2, 0.25) is 0 Å². The van der Waals surface area contributed by atoms with Crippen molar-refractivity contribution in [3.05, 3.63) is 0 Å². The molecular weight excluding hydrogens is 174 g/mol. The zero-order valence-electron chi connectivity index (χ0n) is 7.49. The molecular formula is C8H11NO4. The van der Waals surface area contributed by atoms with Crippen LogP contribution >= 0.6 is 0 Å². The highest BCUT2D eigenvalue weighted by Gasteiger charge is 2.21. The molecule has 0 spiro atoms. The molecule has 0 aromatic heterocycles. The average molecular weight is 185 g/mol. The lowest BCUT2D eigenvalue weighted by atomic mass is 10.2. The van der Waals surface area contributed by atoms with E-state index >= 15 is 0 Å². The third kappa shape index (κ3) is 4.01. The lowest BCUT2D eigenvalue weighted by Gasteiger charge is -2.11. The Hall–Kier alpha value is -1.70. The number of rotatable bonds is 4. The van der Waals surface area contributed by atoms with Gasteiger partial charge < -0.3 is 14.8 Å². The van der Waals surface area contributed by atoms with Gasteiger partial charge in [-0.1, -0.05) is 6.42 Å². The average Bonchev–Trinajstić information content (AvgIpc) is 2.15. The van der Waals surface area contributed by atoms with Crippen molar-refractivity contribution in [3.63, 3.8) is 0 Å². The van der Waals surface area contributed by atoms with Crippen LogP contribution in [-0.2, 0) is 19.1 Å². The molecule has 13 heavy (non-hydrogen) atoms. The van der Waals surface area contributed by atoms with Gasteiger partial charge in [0, 0.05) is 6.04 Å². The van der Waals surface area contributed by atoms with Crippen LogP contribution in [-0.4, -0.2) is 32.2 Å². The first kappa shape index (κ1) is 11.3. The molecule has 0 saturated heterocycles. The predicted octanol–water partition coefficient (Wildman–Crippen LogP) is -0.729. The van der Waals surface area contributed by atoms with Gasteiger partial charge in [0.1, 0.15) is 6.04 Å². The summed E-state index contributed by atoms with van der Waals surface area (Å²) < 4.78 is 8.77. The van der Waals surface area contributed by atoms with Gasteiger partial charge in [0.25, 0.3) is 0 Å². The molecule has 5 nitrogen and oxygen atoms in total. The number of esters is 2. The normalized spacial score (nSPS) is 10.8. The first-order chi connectivity index (χ1) is 6.15.